The van der Waals surface area contributed by atoms with E-state index in [2.05, 4.69) is 20.7 Å². The monoisotopic (exact) mass is 531 g/mol. The van der Waals surface area contributed by atoms with Crippen molar-refractivity contribution < 1.29 is 19.0 Å². The number of aromatic nitrogens is 3. The lowest BCUT2D eigenvalue weighted by Gasteiger charge is -2.30. The molecule has 1 aliphatic rings. The molecule has 0 fully saturated rings. The van der Waals surface area contributed by atoms with E-state index in [1.165, 1.54) is 6.33 Å². The van der Waals surface area contributed by atoms with Crippen molar-refractivity contribution >= 4 is 29.1 Å². The summed E-state index contributed by atoms with van der Waals surface area (Å²) in [5, 5.41) is 11.2. The molecule has 0 spiro atoms. The number of nitrogens with one attached hydrogen (secondary N) is 2. The quantitative estimate of drug-likeness (QED) is 0.311. The van der Waals surface area contributed by atoms with Gasteiger partial charge < -0.3 is 24.8 Å². The average molecular weight is 532 g/mol. The maximum Gasteiger partial charge on any atom is 0.255 e. The van der Waals surface area contributed by atoms with Crippen molar-refractivity contribution in [1.82, 2.24) is 14.8 Å². The first-order chi connectivity index (χ1) is 18.5. The van der Waals surface area contributed by atoms with Crippen LogP contribution in [0.25, 0.3) is 0 Å². The van der Waals surface area contributed by atoms with Gasteiger partial charge in [-0.3, -0.25) is 4.79 Å². The number of benzene rings is 3. The van der Waals surface area contributed by atoms with Gasteiger partial charge in [0, 0.05) is 27.9 Å². The van der Waals surface area contributed by atoms with Crippen molar-refractivity contribution in [2.24, 2.45) is 0 Å². The molecule has 9 nitrogen and oxygen atoms in total. The summed E-state index contributed by atoms with van der Waals surface area (Å²) in [4.78, 5) is 18.2. The Hall–Kier alpha value is -4.50. The Labute approximate surface area is 225 Å². The second-order valence-electron chi connectivity index (χ2n) is 8.53. The first-order valence-corrected chi connectivity index (χ1v) is 12.2. The number of fused-ring (bicyclic) bond motifs is 1. The van der Waals surface area contributed by atoms with Gasteiger partial charge in [-0.25, -0.2) is 4.68 Å². The molecule has 10 heteroatoms. The number of rotatable bonds is 8. The van der Waals surface area contributed by atoms with Gasteiger partial charge in [0.2, 0.25) is 5.95 Å². The molecule has 2 N–H and O–H groups in total. The molecule has 3 aromatic carbocycles. The van der Waals surface area contributed by atoms with Gasteiger partial charge in [0.1, 0.15) is 36.2 Å². The molecule has 4 aromatic rings. The molecular formula is C28H26ClN5O4. The van der Waals surface area contributed by atoms with E-state index in [4.69, 9.17) is 25.8 Å². The first kappa shape index (κ1) is 25.2. The standard InChI is InChI=1S/C28H26ClN5O4/c1-17-25(27(35)33-22-14-19(36-2)12-13-24(22)37-3)26(34-28(32-17)30-16-31-34)20-9-5-7-11-23(20)38-15-18-8-4-6-10-21(18)29/h4-14,16,26H,15H2,1-3H3,(H,33,35)(H,30,31,32)/t26-/m0/s1. The third kappa shape index (κ3) is 4.88. The van der Waals surface area contributed by atoms with Gasteiger partial charge in [0.25, 0.3) is 5.91 Å². The molecule has 1 aliphatic heterocycles. The number of carbonyl (C=O) groups is 1. The Morgan fingerprint density at radius 2 is 1.84 bits per heavy atom. The summed E-state index contributed by atoms with van der Waals surface area (Å²) in [5.74, 6) is 1.86. The minimum Gasteiger partial charge on any atom is -0.497 e. The van der Waals surface area contributed by atoms with Gasteiger partial charge in [-0.05, 0) is 31.2 Å². The number of amides is 1. The van der Waals surface area contributed by atoms with Crippen molar-refractivity contribution in [3.8, 4) is 17.2 Å². The summed E-state index contributed by atoms with van der Waals surface area (Å²) < 4.78 is 18.7. The van der Waals surface area contributed by atoms with Gasteiger partial charge >= 0.3 is 0 Å². The molecule has 0 bridgehead atoms. The molecular weight excluding hydrogens is 506 g/mol. The van der Waals surface area contributed by atoms with Crippen LogP contribution in [0, 0.1) is 0 Å². The number of halogens is 1. The SMILES string of the molecule is COc1ccc(OC)c(NC(=O)C2=C(C)Nc3ncnn3[C@H]2c2ccccc2OCc2ccccc2Cl)c1. The third-order valence-electron chi connectivity index (χ3n) is 6.25. The maximum atomic E-state index is 13.9. The van der Waals surface area contributed by atoms with E-state index in [0.29, 0.717) is 45.2 Å². The number of hydrogen-bond donors (Lipinski definition) is 2. The lowest BCUT2D eigenvalue weighted by Crippen LogP contribution is -2.31. The number of hydrogen-bond acceptors (Lipinski definition) is 7. The van der Waals surface area contributed by atoms with Crippen LogP contribution in [0.4, 0.5) is 11.6 Å². The van der Waals surface area contributed by atoms with Crippen LogP contribution in [0.1, 0.15) is 24.1 Å². The molecule has 2 heterocycles. The lowest BCUT2D eigenvalue weighted by atomic mass is 9.94. The molecule has 0 aliphatic carbocycles. The molecule has 5 rings (SSSR count). The molecule has 1 aromatic heterocycles. The third-order valence-corrected chi connectivity index (χ3v) is 6.62. The Morgan fingerprint density at radius 1 is 1.05 bits per heavy atom. The zero-order valence-corrected chi connectivity index (χ0v) is 21.8. The van der Waals surface area contributed by atoms with Crippen LogP contribution in [0.2, 0.25) is 5.02 Å². The first-order valence-electron chi connectivity index (χ1n) is 11.9. The fraction of sp³-hybridized carbons (Fsp3) is 0.179. The predicted molar refractivity (Wildman–Crippen MR) is 145 cm³/mol. The number of para-hydroxylation sites is 1. The van der Waals surface area contributed by atoms with Crippen molar-refractivity contribution in [2.45, 2.75) is 19.6 Å². The van der Waals surface area contributed by atoms with Crippen molar-refractivity contribution in [3.63, 3.8) is 0 Å². The van der Waals surface area contributed by atoms with Gasteiger partial charge in [-0.15, -0.1) is 0 Å². The number of methoxy groups -OCH3 is 2. The second kappa shape index (κ2) is 10.9. The fourth-order valence-corrected chi connectivity index (χ4v) is 4.57. The zero-order valence-electron chi connectivity index (χ0n) is 21.1. The normalized spacial score (nSPS) is 14.4. The summed E-state index contributed by atoms with van der Waals surface area (Å²) in [7, 11) is 3.11. The number of allylic oxidation sites excluding steroid dienone is 1. The van der Waals surface area contributed by atoms with E-state index in [-0.39, 0.29) is 12.5 Å². The van der Waals surface area contributed by atoms with Crippen molar-refractivity contribution in [2.75, 3.05) is 24.9 Å². The van der Waals surface area contributed by atoms with Crippen molar-refractivity contribution in [3.05, 3.63) is 100 Å². The fourth-order valence-electron chi connectivity index (χ4n) is 4.38. The number of nitrogens with zero attached hydrogens (tertiary/aromatic N) is 3. The molecule has 0 radical (unpaired) electrons. The lowest BCUT2D eigenvalue weighted by molar-refractivity contribution is -0.113. The molecule has 1 atom stereocenters. The van der Waals surface area contributed by atoms with Crippen molar-refractivity contribution in [1.29, 1.82) is 0 Å². The van der Waals surface area contributed by atoms with E-state index in [1.54, 1.807) is 37.1 Å². The molecule has 0 saturated heterocycles. The van der Waals surface area contributed by atoms with E-state index < -0.39 is 6.04 Å². The number of anilines is 2. The van der Waals surface area contributed by atoms with Crippen LogP contribution in [-0.2, 0) is 11.4 Å². The summed E-state index contributed by atoms with van der Waals surface area (Å²) in [6.07, 6.45) is 1.45. The van der Waals surface area contributed by atoms with Crippen LogP contribution in [-0.4, -0.2) is 34.9 Å². The largest absolute Gasteiger partial charge is 0.497 e. The Morgan fingerprint density at radius 3 is 2.63 bits per heavy atom. The minimum atomic E-state index is -0.618. The molecule has 0 saturated carbocycles. The van der Waals surface area contributed by atoms with Gasteiger partial charge in [0.05, 0.1) is 25.5 Å². The topological polar surface area (TPSA) is 99.5 Å². The Bertz CT molecular complexity index is 1520. The van der Waals surface area contributed by atoms with E-state index in [1.807, 2.05) is 55.5 Å². The second-order valence-corrected chi connectivity index (χ2v) is 8.94. The average Bonchev–Trinajstić information content (AvgIpc) is 3.40. The molecule has 194 valence electrons. The molecule has 38 heavy (non-hydrogen) atoms. The van der Waals surface area contributed by atoms with Crippen LogP contribution in [0.3, 0.4) is 0 Å². The van der Waals surface area contributed by atoms with Gasteiger partial charge in [-0.2, -0.15) is 10.1 Å². The molecule has 1 amide bonds. The van der Waals surface area contributed by atoms with Crippen LogP contribution in [0.15, 0.2) is 84.3 Å². The van der Waals surface area contributed by atoms with E-state index >= 15 is 0 Å². The van der Waals surface area contributed by atoms with Crippen LogP contribution >= 0.6 is 11.6 Å². The number of carbonyl (C=O) groups excluding carboxylic acids is 1. The molecule has 0 unspecified atom stereocenters. The summed E-state index contributed by atoms with van der Waals surface area (Å²) in [6, 6.07) is 19.7. The van der Waals surface area contributed by atoms with Gasteiger partial charge in [0.15, 0.2) is 0 Å². The highest BCUT2D eigenvalue weighted by Crippen LogP contribution is 2.40. The maximum absolute atomic E-state index is 13.9. The highest BCUT2D eigenvalue weighted by Gasteiger charge is 2.35. The zero-order chi connectivity index (χ0) is 26.6. The minimum absolute atomic E-state index is 0.261. The van der Waals surface area contributed by atoms with E-state index in [9.17, 15) is 4.79 Å². The van der Waals surface area contributed by atoms with Crippen LogP contribution < -0.4 is 24.8 Å². The highest BCUT2D eigenvalue weighted by molar-refractivity contribution is 6.31. The van der Waals surface area contributed by atoms with E-state index in [0.717, 1.165) is 11.1 Å². The van der Waals surface area contributed by atoms with Crippen LogP contribution in [0.5, 0.6) is 17.2 Å². The summed E-state index contributed by atoms with van der Waals surface area (Å²) in [5.41, 5.74) is 3.15. The number of ether oxygens (including phenoxy) is 3. The summed E-state index contributed by atoms with van der Waals surface area (Å²) >= 11 is 6.35. The smallest absolute Gasteiger partial charge is 0.255 e. The Balaban J connectivity index is 1.53. The summed E-state index contributed by atoms with van der Waals surface area (Å²) in [6.45, 7) is 2.09. The Kier molecular flexibility index (Phi) is 7.19. The van der Waals surface area contributed by atoms with Gasteiger partial charge in [-0.1, -0.05) is 48.0 Å². The highest BCUT2D eigenvalue weighted by atomic mass is 35.5. The predicted octanol–water partition coefficient (Wildman–Crippen LogP) is 5.46.